The van der Waals surface area contributed by atoms with Crippen LogP contribution in [0.3, 0.4) is 0 Å². The fourth-order valence-corrected chi connectivity index (χ4v) is 2.35. The van der Waals surface area contributed by atoms with E-state index in [9.17, 15) is 9.59 Å². The lowest BCUT2D eigenvalue weighted by Gasteiger charge is -2.19. The van der Waals surface area contributed by atoms with Gasteiger partial charge in [-0.05, 0) is 18.1 Å². The minimum absolute atomic E-state index is 0.0148. The van der Waals surface area contributed by atoms with Crippen LogP contribution in [0.2, 0.25) is 0 Å². The third-order valence-corrected chi connectivity index (χ3v) is 3.69. The quantitative estimate of drug-likeness (QED) is 0.637. The van der Waals surface area contributed by atoms with Gasteiger partial charge < -0.3 is 15.2 Å². The summed E-state index contributed by atoms with van der Waals surface area (Å²) in [4.78, 5) is 25.0. The number of amides is 1. The Morgan fingerprint density at radius 2 is 2.14 bits per heavy atom. The zero-order valence-corrected chi connectivity index (χ0v) is 13.1. The molecule has 2 N–H and O–H groups in total. The highest BCUT2D eigenvalue weighted by molar-refractivity contribution is 7.14. The fourth-order valence-electron chi connectivity index (χ4n) is 1.57. The summed E-state index contributed by atoms with van der Waals surface area (Å²) < 4.78 is 4.68. The van der Waals surface area contributed by atoms with Gasteiger partial charge in [0.25, 0.3) is 5.91 Å². The predicted octanol–water partition coefficient (Wildman–Crippen LogP) is 1.41. The van der Waals surface area contributed by atoms with Crippen molar-refractivity contribution in [2.45, 2.75) is 26.3 Å². The predicted molar refractivity (Wildman–Crippen MR) is 81.0 cm³/mol. The number of carbonyl (C=O) groups is 2. The first kappa shape index (κ1) is 17.2. The van der Waals surface area contributed by atoms with Gasteiger partial charge in [0, 0.05) is 6.42 Å². The average molecular weight is 309 g/mol. The molecule has 1 aromatic heterocycles. The Hall–Kier alpha value is -1.84. The Morgan fingerprint density at radius 1 is 1.43 bits per heavy atom. The van der Waals surface area contributed by atoms with Gasteiger partial charge in [0.1, 0.15) is 6.04 Å². The van der Waals surface area contributed by atoms with Crippen LogP contribution in [0.25, 0.3) is 0 Å². The maximum atomic E-state index is 12.1. The van der Waals surface area contributed by atoms with Crippen LogP contribution in [0, 0.1) is 17.8 Å². The summed E-state index contributed by atoms with van der Waals surface area (Å²) in [5.74, 6) is 4.82. The van der Waals surface area contributed by atoms with Gasteiger partial charge in [-0.2, -0.15) is 0 Å². The van der Waals surface area contributed by atoms with Gasteiger partial charge in [0.05, 0.1) is 23.5 Å². The molecular formula is C15H19NO4S. The number of hydrogen-bond acceptors (Lipinski definition) is 5. The van der Waals surface area contributed by atoms with Gasteiger partial charge >= 0.3 is 5.97 Å². The van der Waals surface area contributed by atoms with Gasteiger partial charge in [-0.3, -0.25) is 4.79 Å². The number of aliphatic hydroxyl groups is 1. The summed E-state index contributed by atoms with van der Waals surface area (Å²) in [7, 11) is 1.30. The minimum atomic E-state index is -0.673. The summed E-state index contributed by atoms with van der Waals surface area (Å²) in [6.07, 6.45) is 0.400. The maximum absolute atomic E-state index is 12.1. The number of thiophene rings is 1. The Balaban J connectivity index is 2.75. The molecule has 0 bridgehead atoms. The van der Waals surface area contributed by atoms with E-state index in [1.165, 1.54) is 18.4 Å². The van der Waals surface area contributed by atoms with Crippen molar-refractivity contribution in [2.75, 3.05) is 13.7 Å². The maximum Gasteiger partial charge on any atom is 0.328 e. The molecule has 1 rings (SSSR count). The lowest BCUT2D eigenvalue weighted by molar-refractivity contribution is -0.144. The molecule has 6 heteroatoms. The number of methoxy groups -OCH3 is 1. The molecule has 1 heterocycles. The first-order chi connectivity index (χ1) is 9.99. The number of hydrogen-bond donors (Lipinski definition) is 2. The zero-order valence-electron chi connectivity index (χ0n) is 12.3. The molecule has 1 unspecified atom stereocenters. The molecule has 0 aliphatic heterocycles. The van der Waals surface area contributed by atoms with Gasteiger partial charge in [0.15, 0.2) is 0 Å². The molecule has 1 amide bonds. The van der Waals surface area contributed by atoms with Gasteiger partial charge in [-0.25, -0.2) is 4.79 Å². The van der Waals surface area contributed by atoms with Crippen molar-refractivity contribution in [3.63, 3.8) is 0 Å². The van der Waals surface area contributed by atoms with Crippen molar-refractivity contribution in [2.24, 2.45) is 5.92 Å². The van der Waals surface area contributed by atoms with E-state index in [-0.39, 0.29) is 18.4 Å². The third-order valence-electron chi connectivity index (χ3n) is 2.69. The smallest absolute Gasteiger partial charge is 0.328 e. The Bertz CT molecular complexity index is 554. The second-order valence-electron chi connectivity index (χ2n) is 4.66. The van der Waals surface area contributed by atoms with Gasteiger partial charge in [-0.1, -0.05) is 25.7 Å². The monoisotopic (exact) mass is 309 g/mol. The molecule has 0 aromatic carbocycles. The molecule has 0 saturated heterocycles. The normalized spacial score (nSPS) is 11.5. The Morgan fingerprint density at radius 3 is 2.71 bits per heavy atom. The first-order valence-electron chi connectivity index (χ1n) is 6.57. The zero-order chi connectivity index (χ0) is 15.8. The van der Waals surface area contributed by atoms with Crippen LogP contribution < -0.4 is 5.32 Å². The van der Waals surface area contributed by atoms with Gasteiger partial charge in [0.2, 0.25) is 0 Å². The van der Waals surface area contributed by atoms with E-state index < -0.39 is 12.0 Å². The van der Waals surface area contributed by atoms with E-state index >= 15 is 0 Å². The highest BCUT2D eigenvalue weighted by Gasteiger charge is 2.25. The molecule has 1 atom stereocenters. The molecule has 21 heavy (non-hydrogen) atoms. The molecule has 0 spiro atoms. The summed E-state index contributed by atoms with van der Waals surface area (Å²) >= 11 is 1.25. The molecule has 0 aliphatic rings. The van der Waals surface area contributed by atoms with Crippen molar-refractivity contribution in [3.05, 3.63) is 21.9 Å². The molecule has 0 radical (unpaired) electrons. The van der Waals surface area contributed by atoms with Crippen LogP contribution in [0.4, 0.5) is 0 Å². The third kappa shape index (κ3) is 5.21. The number of carbonyl (C=O) groups excluding carboxylic acids is 2. The van der Waals surface area contributed by atoms with E-state index in [0.717, 1.165) is 4.88 Å². The van der Waals surface area contributed by atoms with E-state index in [2.05, 4.69) is 21.9 Å². The molecule has 0 aliphatic carbocycles. The summed E-state index contributed by atoms with van der Waals surface area (Å²) in [5, 5.41) is 11.3. The van der Waals surface area contributed by atoms with Crippen LogP contribution in [0.15, 0.2) is 12.1 Å². The Labute approximate surface area is 128 Å². The van der Waals surface area contributed by atoms with Crippen molar-refractivity contribution < 1.29 is 19.4 Å². The molecule has 114 valence electrons. The lowest BCUT2D eigenvalue weighted by Crippen LogP contribution is -2.44. The minimum Gasteiger partial charge on any atom is -0.467 e. The number of esters is 1. The molecule has 1 aromatic rings. The van der Waals surface area contributed by atoms with Crippen LogP contribution in [-0.2, 0) is 9.53 Å². The molecule has 0 fully saturated rings. The van der Waals surface area contributed by atoms with E-state index in [1.807, 2.05) is 13.8 Å². The van der Waals surface area contributed by atoms with Crippen LogP contribution in [0.1, 0.15) is 34.8 Å². The summed E-state index contributed by atoms with van der Waals surface area (Å²) in [5.41, 5.74) is 0. The lowest BCUT2D eigenvalue weighted by atomic mass is 10.0. The number of nitrogens with one attached hydrogen (secondary N) is 1. The second-order valence-corrected chi connectivity index (χ2v) is 5.74. The Kier molecular flexibility index (Phi) is 6.92. The number of ether oxygens (including phenoxy) is 1. The van der Waals surface area contributed by atoms with Crippen LogP contribution in [0.5, 0.6) is 0 Å². The van der Waals surface area contributed by atoms with E-state index in [1.54, 1.807) is 12.1 Å². The first-order valence-corrected chi connectivity index (χ1v) is 7.39. The topological polar surface area (TPSA) is 75.6 Å². The fraction of sp³-hybridized carbons (Fsp3) is 0.467. The highest BCUT2D eigenvalue weighted by atomic mass is 32.1. The van der Waals surface area contributed by atoms with Crippen molar-refractivity contribution in [3.8, 4) is 11.8 Å². The highest BCUT2D eigenvalue weighted by Crippen LogP contribution is 2.16. The SMILES string of the molecule is COC(=O)C(NC(=O)c1ccc(C#CCCO)s1)C(C)C. The average Bonchev–Trinajstić information content (AvgIpc) is 2.92. The van der Waals surface area contributed by atoms with E-state index in [0.29, 0.717) is 11.3 Å². The van der Waals surface area contributed by atoms with Crippen LogP contribution >= 0.6 is 11.3 Å². The molecule has 0 saturated carbocycles. The molecular weight excluding hydrogens is 290 g/mol. The van der Waals surface area contributed by atoms with Crippen LogP contribution in [-0.4, -0.2) is 36.7 Å². The molecule has 5 nitrogen and oxygen atoms in total. The number of rotatable bonds is 5. The van der Waals surface area contributed by atoms with Crippen molar-refractivity contribution >= 4 is 23.2 Å². The van der Waals surface area contributed by atoms with Crippen molar-refractivity contribution in [1.82, 2.24) is 5.32 Å². The van der Waals surface area contributed by atoms with Crippen molar-refractivity contribution in [1.29, 1.82) is 0 Å². The largest absolute Gasteiger partial charge is 0.467 e. The second kappa shape index (κ2) is 8.45. The number of aliphatic hydroxyl groups excluding tert-OH is 1. The van der Waals surface area contributed by atoms with Gasteiger partial charge in [-0.15, -0.1) is 11.3 Å². The standard InChI is InChI=1S/C15H19NO4S/c1-10(2)13(15(19)20-3)16-14(18)12-8-7-11(21-12)6-4-5-9-17/h7-8,10,13,17H,5,9H2,1-3H3,(H,16,18). The van der Waals surface area contributed by atoms with E-state index in [4.69, 9.17) is 5.11 Å². The summed E-state index contributed by atoms with van der Waals surface area (Å²) in [6, 6.07) is 2.73. The summed E-state index contributed by atoms with van der Waals surface area (Å²) in [6.45, 7) is 3.69.